The second kappa shape index (κ2) is 9.00. The number of nitrogens with zero attached hydrogens (tertiary/aromatic N) is 1. The van der Waals surface area contributed by atoms with Crippen molar-refractivity contribution in [2.75, 3.05) is 18.1 Å². The van der Waals surface area contributed by atoms with Gasteiger partial charge in [-0.2, -0.15) is 0 Å². The zero-order valence-corrected chi connectivity index (χ0v) is 19.1. The first-order chi connectivity index (χ1) is 16.4. The number of carbonyl (C=O) groups excluding carboxylic acids is 1. The monoisotopic (exact) mass is 468 g/mol. The van der Waals surface area contributed by atoms with Crippen molar-refractivity contribution in [2.24, 2.45) is 5.92 Å². The predicted molar refractivity (Wildman–Crippen MR) is 123 cm³/mol. The molecule has 5 rings (SSSR count). The van der Waals surface area contributed by atoms with Gasteiger partial charge in [-0.15, -0.1) is 0 Å². The maximum atomic E-state index is 14.4. The van der Waals surface area contributed by atoms with Gasteiger partial charge < -0.3 is 14.6 Å². The van der Waals surface area contributed by atoms with Crippen LogP contribution in [0, 0.1) is 11.7 Å². The lowest BCUT2D eigenvalue weighted by Gasteiger charge is -2.57. The molecule has 4 atom stereocenters. The van der Waals surface area contributed by atoms with E-state index in [0.717, 1.165) is 12.0 Å². The van der Waals surface area contributed by atoms with Crippen LogP contribution < -0.4 is 10.2 Å². The number of nitrogens with one attached hydrogen (secondary N) is 1. The molecule has 4 unspecified atom stereocenters. The molecule has 1 saturated heterocycles. The Morgan fingerprint density at radius 2 is 1.97 bits per heavy atom. The second-order valence-corrected chi connectivity index (χ2v) is 9.41. The van der Waals surface area contributed by atoms with E-state index in [4.69, 9.17) is 9.47 Å². The Hall–Kier alpha value is -2.97. The number of hydrogen-bond acceptors (Lipinski definition) is 5. The fraction of sp³-hybridized carbons (Fsp3) is 0.462. The summed E-state index contributed by atoms with van der Waals surface area (Å²) in [4.78, 5) is 27.6. The lowest BCUT2D eigenvalue weighted by atomic mass is 9.58. The van der Waals surface area contributed by atoms with Gasteiger partial charge in [0.1, 0.15) is 18.0 Å². The van der Waals surface area contributed by atoms with E-state index in [1.807, 2.05) is 37.3 Å². The lowest BCUT2D eigenvalue weighted by molar-refractivity contribution is -0.150. The summed E-state index contributed by atoms with van der Waals surface area (Å²) in [5.41, 5.74) is 0.675. The third-order valence-electron chi connectivity index (χ3n) is 7.61. The SMILES string of the molecule is CCC(NC1COC1)(C(=O)O)C1c2ccc(F)cc2N(C(=O)OCc2ccccc2)C2CCC21. The van der Waals surface area contributed by atoms with Crippen LogP contribution in [-0.4, -0.2) is 48.0 Å². The summed E-state index contributed by atoms with van der Waals surface area (Å²) >= 11 is 0. The quantitative estimate of drug-likeness (QED) is 0.637. The summed E-state index contributed by atoms with van der Waals surface area (Å²) < 4.78 is 25.3. The molecule has 2 heterocycles. The average Bonchev–Trinajstić information content (AvgIpc) is 2.78. The first kappa shape index (κ1) is 22.8. The molecule has 0 spiro atoms. The number of hydrogen-bond donors (Lipinski definition) is 2. The Morgan fingerprint density at radius 3 is 2.56 bits per heavy atom. The first-order valence-electron chi connectivity index (χ1n) is 11.8. The summed E-state index contributed by atoms with van der Waals surface area (Å²) in [6.45, 7) is 2.89. The third-order valence-corrected chi connectivity index (χ3v) is 7.61. The van der Waals surface area contributed by atoms with Crippen LogP contribution in [0.3, 0.4) is 0 Å². The van der Waals surface area contributed by atoms with E-state index in [0.29, 0.717) is 37.3 Å². The van der Waals surface area contributed by atoms with E-state index in [-0.39, 0.29) is 24.6 Å². The number of anilines is 1. The number of carboxylic acids is 1. The molecule has 1 saturated carbocycles. The van der Waals surface area contributed by atoms with Crippen LogP contribution in [0.5, 0.6) is 0 Å². The van der Waals surface area contributed by atoms with Crippen molar-refractivity contribution in [3.8, 4) is 0 Å². The number of aliphatic carboxylic acids is 1. The molecule has 2 aromatic carbocycles. The molecule has 0 bridgehead atoms. The number of ether oxygens (including phenoxy) is 2. The van der Waals surface area contributed by atoms with E-state index >= 15 is 0 Å². The minimum absolute atomic E-state index is 0.0488. The van der Waals surface area contributed by atoms with Gasteiger partial charge >= 0.3 is 12.1 Å². The normalized spacial score (nSPS) is 25.2. The van der Waals surface area contributed by atoms with Crippen LogP contribution in [0.25, 0.3) is 0 Å². The maximum absolute atomic E-state index is 14.4. The Bertz CT molecular complexity index is 1080. The van der Waals surface area contributed by atoms with Crippen molar-refractivity contribution in [3.63, 3.8) is 0 Å². The molecule has 2 aromatic rings. The Labute approximate surface area is 197 Å². The van der Waals surface area contributed by atoms with E-state index in [2.05, 4.69) is 5.32 Å². The van der Waals surface area contributed by atoms with Crippen molar-refractivity contribution < 1.29 is 28.6 Å². The molecule has 2 fully saturated rings. The summed E-state index contributed by atoms with van der Waals surface area (Å²) in [6, 6.07) is 13.4. The molecular formula is C26H29FN2O5. The zero-order valence-electron chi connectivity index (χ0n) is 19.1. The summed E-state index contributed by atoms with van der Waals surface area (Å²) in [6.07, 6.45) is 1.31. The second-order valence-electron chi connectivity index (χ2n) is 9.41. The fourth-order valence-corrected chi connectivity index (χ4v) is 5.71. The highest BCUT2D eigenvalue weighted by atomic mass is 19.1. The van der Waals surface area contributed by atoms with Crippen LogP contribution in [0.15, 0.2) is 48.5 Å². The third kappa shape index (κ3) is 3.75. The Morgan fingerprint density at radius 1 is 1.21 bits per heavy atom. The number of fused-ring (bicyclic) bond motifs is 2. The highest BCUT2D eigenvalue weighted by Crippen LogP contribution is 2.55. The van der Waals surface area contributed by atoms with E-state index in [1.165, 1.54) is 12.1 Å². The number of amides is 1. The molecule has 0 aromatic heterocycles. The molecule has 8 heteroatoms. The highest BCUT2D eigenvalue weighted by molar-refractivity contribution is 5.92. The van der Waals surface area contributed by atoms with E-state index in [1.54, 1.807) is 11.0 Å². The highest BCUT2D eigenvalue weighted by Gasteiger charge is 2.59. The molecule has 2 aliphatic heterocycles. The molecule has 34 heavy (non-hydrogen) atoms. The van der Waals surface area contributed by atoms with Gasteiger partial charge in [-0.3, -0.25) is 15.0 Å². The molecule has 3 aliphatic rings. The number of carbonyl (C=O) groups is 2. The smallest absolute Gasteiger partial charge is 0.414 e. The fourth-order valence-electron chi connectivity index (χ4n) is 5.71. The predicted octanol–water partition coefficient (Wildman–Crippen LogP) is 4.07. The molecule has 7 nitrogen and oxygen atoms in total. The van der Waals surface area contributed by atoms with Crippen LogP contribution in [0.4, 0.5) is 14.9 Å². The largest absolute Gasteiger partial charge is 0.480 e. The van der Waals surface area contributed by atoms with Gasteiger partial charge in [0.25, 0.3) is 0 Å². The first-order valence-corrected chi connectivity index (χ1v) is 11.8. The van der Waals surface area contributed by atoms with E-state index < -0.39 is 29.3 Å². The summed E-state index contributed by atoms with van der Waals surface area (Å²) in [7, 11) is 0. The van der Waals surface area contributed by atoms with Crippen molar-refractivity contribution >= 4 is 17.7 Å². The van der Waals surface area contributed by atoms with Crippen molar-refractivity contribution in [1.82, 2.24) is 5.32 Å². The van der Waals surface area contributed by atoms with Gasteiger partial charge in [-0.25, -0.2) is 9.18 Å². The molecule has 1 aliphatic carbocycles. The molecule has 2 N–H and O–H groups in total. The van der Waals surface area contributed by atoms with Gasteiger partial charge in [-0.1, -0.05) is 43.3 Å². The minimum Gasteiger partial charge on any atom is -0.480 e. The van der Waals surface area contributed by atoms with Crippen molar-refractivity contribution in [2.45, 2.75) is 56.3 Å². The van der Waals surface area contributed by atoms with Crippen LogP contribution in [0.2, 0.25) is 0 Å². The standard InChI is InChI=1S/C26H29FN2O5/c1-2-26(24(30)31,28-18-14-33-15-18)23-19-10-11-21(19)29(22-12-17(27)8-9-20(22)23)25(32)34-13-16-6-4-3-5-7-16/h3-9,12,18-19,21,23,28H,2,10-11,13-15H2,1H3,(H,30,31). The van der Waals surface area contributed by atoms with Crippen LogP contribution in [0.1, 0.15) is 43.2 Å². The number of rotatable bonds is 7. The Kier molecular flexibility index (Phi) is 6.04. The number of halogens is 1. The maximum Gasteiger partial charge on any atom is 0.414 e. The number of carboxylic acid groups (broad SMARTS) is 1. The average molecular weight is 469 g/mol. The van der Waals surface area contributed by atoms with Gasteiger partial charge in [0, 0.05) is 12.0 Å². The molecule has 0 radical (unpaired) electrons. The van der Waals surface area contributed by atoms with Gasteiger partial charge in [0.05, 0.1) is 24.9 Å². The van der Waals surface area contributed by atoms with Crippen LogP contribution in [-0.2, 0) is 20.9 Å². The van der Waals surface area contributed by atoms with E-state index in [9.17, 15) is 19.1 Å². The van der Waals surface area contributed by atoms with Gasteiger partial charge in [0.15, 0.2) is 0 Å². The topological polar surface area (TPSA) is 88.1 Å². The molecular weight excluding hydrogens is 439 g/mol. The zero-order chi connectivity index (χ0) is 23.9. The Balaban J connectivity index is 1.52. The molecule has 1 amide bonds. The molecule has 180 valence electrons. The van der Waals surface area contributed by atoms with Gasteiger partial charge in [-0.05, 0) is 48.4 Å². The summed E-state index contributed by atoms with van der Waals surface area (Å²) in [5, 5.41) is 13.8. The van der Waals surface area contributed by atoms with Crippen molar-refractivity contribution in [3.05, 3.63) is 65.5 Å². The number of benzene rings is 2. The van der Waals surface area contributed by atoms with Crippen molar-refractivity contribution in [1.29, 1.82) is 0 Å². The van der Waals surface area contributed by atoms with Crippen LogP contribution >= 0.6 is 0 Å². The van der Waals surface area contributed by atoms with Gasteiger partial charge in [0.2, 0.25) is 0 Å². The lowest BCUT2D eigenvalue weighted by Crippen LogP contribution is -2.68. The summed E-state index contributed by atoms with van der Waals surface area (Å²) in [5.74, 6) is -1.91. The minimum atomic E-state index is -1.25.